The zero-order valence-electron chi connectivity index (χ0n) is 10.1. The fraction of sp³-hybridized carbons (Fsp3) is 0.231. The summed E-state index contributed by atoms with van der Waals surface area (Å²) >= 11 is 15.3. The Labute approximate surface area is 133 Å². The highest BCUT2D eigenvalue weighted by Gasteiger charge is 2.27. The number of halogens is 4. The molecule has 3 nitrogen and oxygen atoms in total. The molecular weight excluding hydrogens is 368 g/mol. The van der Waals surface area contributed by atoms with Crippen molar-refractivity contribution in [1.29, 1.82) is 0 Å². The van der Waals surface area contributed by atoms with Crippen molar-refractivity contribution in [1.82, 2.24) is 9.97 Å². The van der Waals surface area contributed by atoms with Crippen molar-refractivity contribution in [3.8, 4) is 0 Å². The lowest BCUT2D eigenvalue weighted by molar-refractivity contribution is 0.628. The Balaban J connectivity index is 1.95. The molecule has 1 saturated carbocycles. The fourth-order valence-corrected chi connectivity index (χ4v) is 2.77. The van der Waals surface area contributed by atoms with E-state index >= 15 is 0 Å². The van der Waals surface area contributed by atoms with Crippen LogP contribution in [0.4, 0.5) is 15.9 Å². The molecule has 0 spiro atoms. The third-order valence-electron chi connectivity index (χ3n) is 2.91. The number of anilines is 2. The second kappa shape index (κ2) is 5.47. The lowest BCUT2D eigenvalue weighted by atomic mass is 10.3. The van der Waals surface area contributed by atoms with Gasteiger partial charge in [0.1, 0.15) is 22.1 Å². The van der Waals surface area contributed by atoms with Gasteiger partial charge in [0, 0.05) is 12.0 Å². The molecule has 7 heteroatoms. The van der Waals surface area contributed by atoms with Gasteiger partial charge in [-0.15, -0.1) is 0 Å². The smallest absolute Gasteiger partial charge is 0.135 e. The molecule has 1 N–H and O–H groups in total. The van der Waals surface area contributed by atoms with Gasteiger partial charge in [-0.2, -0.15) is 0 Å². The quantitative estimate of drug-likeness (QED) is 0.738. The molecule has 0 atom stereocenters. The van der Waals surface area contributed by atoms with Gasteiger partial charge in [-0.1, -0.05) is 23.2 Å². The summed E-state index contributed by atoms with van der Waals surface area (Å²) in [5.74, 6) is 1.31. The van der Waals surface area contributed by atoms with Crippen molar-refractivity contribution in [2.24, 2.45) is 0 Å². The molecule has 0 radical (unpaired) electrons. The van der Waals surface area contributed by atoms with Crippen LogP contribution in [-0.2, 0) is 0 Å². The Morgan fingerprint density at radius 2 is 1.80 bits per heavy atom. The molecule has 2 aromatic rings. The fourth-order valence-electron chi connectivity index (χ4n) is 1.81. The highest BCUT2D eigenvalue weighted by Crippen LogP contribution is 2.39. The van der Waals surface area contributed by atoms with Gasteiger partial charge in [-0.3, -0.25) is 0 Å². The standard InChI is InChI=1S/C13H9BrCl2FN3/c14-10-5-11(20-13(18-10)6-1-2-6)19-12-8(15)3-7(17)4-9(12)16/h3-6H,1-2H2,(H,18,19,20). The molecule has 104 valence electrons. The Kier molecular flexibility index (Phi) is 3.84. The van der Waals surface area contributed by atoms with E-state index in [2.05, 4.69) is 31.2 Å². The van der Waals surface area contributed by atoms with Crippen LogP contribution >= 0.6 is 39.1 Å². The van der Waals surface area contributed by atoms with Gasteiger partial charge in [0.15, 0.2) is 0 Å². The van der Waals surface area contributed by atoms with Crippen molar-refractivity contribution in [2.75, 3.05) is 5.32 Å². The summed E-state index contributed by atoms with van der Waals surface area (Å²) in [5.41, 5.74) is 0.432. The van der Waals surface area contributed by atoms with Crippen LogP contribution in [-0.4, -0.2) is 9.97 Å². The minimum atomic E-state index is -0.479. The average molecular weight is 377 g/mol. The SMILES string of the molecule is Fc1cc(Cl)c(Nc2cc(Br)nc(C3CC3)n2)c(Cl)c1. The first-order chi connectivity index (χ1) is 9.52. The zero-order valence-corrected chi connectivity index (χ0v) is 13.2. The van der Waals surface area contributed by atoms with E-state index in [0.717, 1.165) is 18.7 Å². The Hall–Kier alpha value is -0.910. The number of rotatable bonds is 3. The number of nitrogens with one attached hydrogen (secondary N) is 1. The van der Waals surface area contributed by atoms with Crippen LogP contribution in [0.1, 0.15) is 24.6 Å². The summed E-state index contributed by atoms with van der Waals surface area (Å²) in [7, 11) is 0. The normalized spacial score (nSPS) is 14.4. The molecule has 1 heterocycles. The number of nitrogens with zero attached hydrogens (tertiary/aromatic N) is 2. The van der Waals surface area contributed by atoms with Crippen molar-refractivity contribution < 1.29 is 4.39 Å². The van der Waals surface area contributed by atoms with Crippen LogP contribution in [0.2, 0.25) is 10.0 Å². The van der Waals surface area contributed by atoms with E-state index in [1.165, 1.54) is 12.1 Å². The molecule has 20 heavy (non-hydrogen) atoms. The molecule has 0 saturated heterocycles. The molecule has 1 aliphatic carbocycles. The second-order valence-corrected chi connectivity index (χ2v) is 6.20. The van der Waals surface area contributed by atoms with Gasteiger partial charge in [0.05, 0.1) is 15.7 Å². The predicted octanol–water partition coefficient (Wildman–Crippen LogP) is 5.31. The van der Waals surface area contributed by atoms with Gasteiger partial charge in [0.25, 0.3) is 0 Å². The summed E-state index contributed by atoms with van der Waals surface area (Å²) in [5, 5.41) is 3.43. The maximum atomic E-state index is 13.2. The molecule has 0 bridgehead atoms. The average Bonchev–Trinajstić information content (AvgIpc) is 3.17. The van der Waals surface area contributed by atoms with Crippen molar-refractivity contribution in [3.63, 3.8) is 0 Å². The van der Waals surface area contributed by atoms with Crippen LogP contribution in [0.3, 0.4) is 0 Å². The van der Waals surface area contributed by atoms with Gasteiger partial charge in [0.2, 0.25) is 0 Å². The highest BCUT2D eigenvalue weighted by atomic mass is 79.9. The van der Waals surface area contributed by atoms with E-state index in [-0.39, 0.29) is 10.0 Å². The van der Waals surface area contributed by atoms with E-state index in [4.69, 9.17) is 23.2 Å². The number of hydrogen-bond donors (Lipinski definition) is 1. The first-order valence-electron chi connectivity index (χ1n) is 5.99. The van der Waals surface area contributed by atoms with E-state index < -0.39 is 5.82 Å². The zero-order chi connectivity index (χ0) is 14.3. The highest BCUT2D eigenvalue weighted by molar-refractivity contribution is 9.10. The van der Waals surface area contributed by atoms with E-state index in [0.29, 0.717) is 22.0 Å². The van der Waals surface area contributed by atoms with E-state index in [1.54, 1.807) is 6.07 Å². The summed E-state index contributed by atoms with van der Waals surface area (Å²) in [6, 6.07) is 4.13. The monoisotopic (exact) mass is 375 g/mol. The van der Waals surface area contributed by atoms with Crippen LogP contribution in [0.15, 0.2) is 22.8 Å². The Bertz CT molecular complexity index is 654. The lowest BCUT2D eigenvalue weighted by Crippen LogP contribution is -2.01. The van der Waals surface area contributed by atoms with Crippen LogP contribution in [0.25, 0.3) is 0 Å². The molecule has 0 unspecified atom stereocenters. The number of benzene rings is 1. The van der Waals surface area contributed by atoms with Crippen LogP contribution < -0.4 is 5.32 Å². The minimum Gasteiger partial charge on any atom is -0.338 e. The molecule has 1 fully saturated rings. The van der Waals surface area contributed by atoms with Crippen molar-refractivity contribution >= 4 is 50.6 Å². The predicted molar refractivity (Wildman–Crippen MR) is 81.4 cm³/mol. The Morgan fingerprint density at radius 1 is 1.15 bits per heavy atom. The van der Waals surface area contributed by atoms with Gasteiger partial charge < -0.3 is 5.32 Å². The van der Waals surface area contributed by atoms with Crippen molar-refractivity contribution in [3.05, 3.63) is 44.5 Å². The molecular formula is C13H9BrCl2FN3. The van der Waals surface area contributed by atoms with Gasteiger partial charge in [-0.25, -0.2) is 14.4 Å². The van der Waals surface area contributed by atoms with Gasteiger partial charge >= 0.3 is 0 Å². The summed E-state index contributed by atoms with van der Waals surface area (Å²) in [4.78, 5) is 8.77. The molecule has 1 aromatic carbocycles. The molecule has 3 rings (SSSR count). The minimum absolute atomic E-state index is 0.206. The molecule has 0 aliphatic heterocycles. The Morgan fingerprint density at radius 3 is 2.40 bits per heavy atom. The lowest BCUT2D eigenvalue weighted by Gasteiger charge is -2.11. The van der Waals surface area contributed by atoms with E-state index in [9.17, 15) is 4.39 Å². The third kappa shape index (κ3) is 3.05. The van der Waals surface area contributed by atoms with Crippen LogP contribution in [0.5, 0.6) is 0 Å². The summed E-state index contributed by atoms with van der Waals surface area (Å²) in [6.07, 6.45) is 2.21. The first-order valence-corrected chi connectivity index (χ1v) is 7.54. The maximum absolute atomic E-state index is 13.2. The molecule has 1 aromatic heterocycles. The number of aromatic nitrogens is 2. The van der Waals surface area contributed by atoms with Gasteiger partial charge in [-0.05, 0) is 40.9 Å². The molecule has 1 aliphatic rings. The number of hydrogen-bond acceptors (Lipinski definition) is 3. The summed E-state index contributed by atoms with van der Waals surface area (Å²) in [6.45, 7) is 0. The van der Waals surface area contributed by atoms with Crippen LogP contribution in [0, 0.1) is 5.82 Å². The third-order valence-corrected chi connectivity index (χ3v) is 3.92. The maximum Gasteiger partial charge on any atom is 0.135 e. The summed E-state index contributed by atoms with van der Waals surface area (Å²) < 4.78 is 13.8. The molecule has 0 amide bonds. The van der Waals surface area contributed by atoms with Crippen molar-refractivity contribution in [2.45, 2.75) is 18.8 Å². The second-order valence-electron chi connectivity index (χ2n) is 4.58. The topological polar surface area (TPSA) is 37.8 Å². The largest absolute Gasteiger partial charge is 0.338 e. The first kappa shape index (κ1) is 14.0. The van der Waals surface area contributed by atoms with E-state index in [1.807, 2.05) is 0 Å².